The molecular weight excluding hydrogens is 501 g/mol. The minimum absolute atomic E-state index is 0.207. The van der Waals surface area contributed by atoms with Crippen LogP contribution in [0.15, 0.2) is 131 Å². The average Bonchev–Trinajstić information content (AvgIpc) is 3.38. The fourth-order valence-electron chi connectivity index (χ4n) is 3.59. The van der Waals surface area contributed by atoms with Crippen molar-refractivity contribution in [3.63, 3.8) is 0 Å². The van der Waals surface area contributed by atoms with Crippen LogP contribution in [0.2, 0.25) is 0 Å². The molecule has 0 saturated carbocycles. The molecule has 0 bridgehead atoms. The van der Waals surface area contributed by atoms with Gasteiger partial charge in [0.15, 0.2) is 10.1 Å². The Kier molecular flexibility index (Phi) is 7.51. The van der Waals surface area contributed by atoms with Crippen LogP contribution in [-0.4, -0.2) is 21.7 Å². The van der Waals surface area contributed by atoms with Gasteiger partial charge < -0.3 is 4.52 Å². The third-order valence-corrected chi connectivity index (χ3v) is 8.33. The van der Waals surface area contributed by atoms with Crippen LogP contribution in [-0.2, 0) is 9.09 Å². The summed E-state index contributed by atoms with van der Waals surface area (Å²) in [6, 6.07) is 38.2. The lowest BCUT2D eigenvalue weighted by Crippen LogP contribution is -2.09. The molecule has 0 aliphatic rings. The molecule has 184 valence electrons. The van der Waals surface area contributed by atoms with Gasteiger partial charge in [-0.3, -0.25) is 9.99 Å². The van der Waals surface area contributed by atoms with E-state index in [1.165, 1.54) is 18.6 Å². The number of nitrogens with one attached hydrogen (secondary N) is 1. The molecule has 0 spiro atoms. The van der Waals surface area contributed by atoms with Crippen molar-refractivity contribution in [2.24, 2.45) is 9.86 Å². The molecular formula is C28H24N5O2PS. The summed E-state index contributed by atoms with van der Waals surface area (Å²) >= 11 is 1.29. The molecule has 7 nitrogen and oxygen atoms in total. The minimum atomic E-state index is -3.85. The third-order valence-electron chi connectivity index (χ3n) is 5.42. The molecule has 0 fully saturated rings. The van der Waals surface area contributed by atoms with Crippen molar-refractivity contribution >= 4 is 30.2 Å². The van der Waals surface area contributed by atoms with Gasteiger partial charge in [0.05, 0.1) is 11.4 Å². The zero-order chi connectivity index (χ0) is 25.5. The number of para-hydroxylation sites is 2. The smallest absolute Gasteiger partial charge is 0.311 e. The Hall–Kier alpha value is -4.10. The zero-order valence-corrected chi connectivity index (χ0v) is 21.7. The van der Waals surface area contributed by atoms with E-state index in [2.05, 4.69) is 10.5 Å². The van der Waals surface area contributed by atoms with Gasteiger partial charge in [0.2, 0.25) is 0 Å². The molecule has 0 aliphatic heterocycles. The predicted octanol–water partition coefficient (Wildman–Crippen LogP) is 6.81. The maximum atomic E-state index is 14.4. The monoisotopic (exact) mass is 525 g/mol. The van der Waals surface area contributed by atoms with Crippen LogP contribution in [0.4, 0.5) is 5.69 Å². The lowest BCUT2D eigenvalue weighted by Gasteiger charge is -2.14. The first-order chi connectivity index (χ1) is 18.2. The van der Waals surface area contributed by atoms with E-state index in [1.807, 2.05) is 121 Å². The summed E-state index contributed by atoms with van der Waals surface area (Å²) in [6.07, 6.45) is 0. The van der Waals surface area contributed by atoms with Gasteiger partial charge in [-0.05, 0) is 35.8 Å². The molecule has 0 aliphatic carbocycles. The van der Waals surface area contributed by atoms with Gasteiger partial charge in [0.25, 0.3) is 0 Å². The first kappa shape index (κ1) is 24.6. The van der Waals surface area contributed by atoms with Crippen molar-refractivity contribution in [3.8, 4) is 16.9 Å². The number of hydrogen-bond donors (Lipinski definition) is 1. The summed E-state index contributed by atoms with van der Waals surface area (Å²) < 4.78 is 27.0. The van der Waals surface area contributed by atoms with E-state index in [-0.39, 0.29) is 5.45 Å². The maximum Gasteiger partial charge on any atom is 0.366 e. The van der Waals surface area contributed by atoms with Crippen molar-refractivity contribution in [2.75, 3.05) is 12.5 Å². The van der Waals surface area contributed by atoms with Crippen molar-refractivity contribution in [2.45, 2.75) is 0 Å². The first-order valence-corrected chi connectivity index (χ1v) is 13.9. The fraction of sp³-hybridized carbons (Fsp3) is 0.0357. The fourth-order valence-corrected chi connectivity index (χ4v) is 6.15. The topological polar surface area (TPSA) is 80.9 Å². The molecule has 37 heavy (non-hydrogen) atoms. The molecule has 5 aromatic rings. The molecule has 9 heteroatoms. The highest BCUT2D eigenvalue weighted by Gasteiger charge is 2.31. The van der Waals surface area contributed by atoms with Gasteiger partial charge in [-0.1, -0.05) is 97.1 Å². The van der Waals surface area contributed by atoms with Crippen LogP contribution in [0.1, 0.15) is 5.56 Å². The van der Waals surface area contributed by atoms with Gasteiger partial charge >= 0.3 is 7.52 Å². The second-order valence-electron chi connectivity index (χ2n) is 7.90. The molecule has 5 rings (SSSR count). The highest BCUT2D eigenvalue weighted by Crippen LogP contribution is 2.51. The normalized spacial score (nSPS) is 13.8. The van der Waals surface area contributed by atoms with Gasteiger partial charge in [0, 0.05) is 18.2 Å². The van der Waals surface area contributed by atoms with Crippen LogP contribution in [0.25, 0.3) is 16.9 Å². The molecule has 1 N–H and O–H groups in total. The van der Waals surface area contributed by atoms with E-state index in [0.29, 0.717) is 15.9 Å². The SMILES string of the molecule is COP(=O)(N=c1sn(-c2ccccc2)nc1-c1ccccc1)C(=NNc1ccccc1)c1ccccc1. The number of hydrazone groups is 1. The van der Waals surface area contributed by atoms with E-state index in [4.69, 9.17) is 14.4 Å². The average molecular weight is 526 g/mol. The highest BCUT2D eigenvalue weighted by atomic mass is 32.1. The second kappa shape index (κ2) is 11.3. The molecule has 4 aromatic carbocycles. The number of nitrogens with zero attached hydrogens (tertiary/aromatic N) is 4. The molecule has 0 saturated heterocycles. The molecule has 1 unspecified atom stereocenters. The summed E-state index contributed by atoms with van der Waals surface area (Å²) in [5.41, 5.74) is 6.94. The van der Waals surface area contributed by atoms with Gasteiger partial charge in [-0.25, -0.2) is 0 Å². The van der Waals surface area contributed by atoms with E-state index in [1.54, 1.807) is 4.07 Å². The van der Waals surface area contributed by atoms with Crippen LogP contribution in [0, 0.1) is 0 Å². The number of benzene rings is 4. The van der Waals surface area contributed by atoms with Crippen molar-refractivity contribution in [3.05, 3.63) is 132 Å². The Bertz CT molecular complexity index is 1600. The summed E-state index contributed by atoms with van der Waals surface area (Å²) in [4.78, 5) is 0. The summed E-state index contributed by atoms with van der Waals surface area (Å²) in [7, 11) is -2.46. The predicted molar refractivity (Wildman–Crippen MR) is 150 cm³/mol. The third kappa shape index (κ3) is 5.67. The largest absolute Gasteiger partial charge is 0.366 e. The molecule has 0 radical (unpaired) electrons. The standard InChI is InChI=1S/C28H24N5O2PS/c1-35-36(34,27(23-16-8-3-9-17-23)30-29-24-18-10-4-11-19-24)32-28-26(22-14-6-2-7-15-22)31-33(37-28)25-20-12-5-13-21-25/h2-21,29H,1H3. The molecule has 1 atom stereocenters. The first-order valence-electron chi connectivity index (χ1n) is 11.5. The van der Waals surface area contributed by atoms with Crippen molar-refractivity contribution in [1.29, 1.82) is 0 Å². The number of rotatable bonds is 8. The van der Waals surface area contributed by atoms with E-state index in [9.17, 15) is 4.57 Å². The summed E-state index contributed by atoms with van der Waals surface area (Å²) in [5.74, 6) is 0. The quantitative estimate of drug-likeness (QED) is 0.137. The van der Waals surface area contributed by atoms with Gasteiger partial charge in [-0.15, -0.1) is 0 Å². The van der Waals surface area contributed by atoms with Crippen LogP contribution in [0.3, 0.4) is 0 Å². The van der Waals surface area contributed by atoms with Gasteiger partial charge in [-0.2, -0.15) is 19.0 Å². The Morgan fingerprint density at radius 3 is 2.03 bits per heavy atom. The van der Waals surface area contributed by atoms with Gasteiger partial charge in [0.1, 0.15) is 5.69 Å². The Morgan fingerprint density at radius 1 is 0.838 bits per heavy atom. The molecule has 0 amide bonds. The van der Waals surface area contributed by atoms with E-state index in [0.717, 1.165) is 16.9 Å². The second-order valence-corrected chi connectivity index (χ2v) is 10.8. The van der Waals surface area contributed by atoms with Crippen LogP contribution in [0.5, 0.6) is 0 Å². The lowest BCUT2D eigenvalue weighted by atomic mass is 10.2. The highest BCUT2D eigenvalue weighted by molar-refractivity contribution is 7.76. The zero-order valence-electron chi connectivity index (χ0n) is 20.0. The maximum absolute atomic E-state index is 14.4. The Balaban J connectivity index is 1.68. The summed E-state index contributed by atoms with van der Waals surface area (Å²) in [6.45, 7) is 0. The molecule has 1 aromatic heterocycles. The van der Waals surface area contributed by atoms with Crippen molar-refractivity contribution in [1.82, 2.24) is 9.17 Å². The minimum Gasteiger partial charge on any atom is -0.311 e. The Morgan fingerprint density at radius 2 is 1.41 bits per heavy atom. The summed E-state index contributed by atoms with van der Waals surface area (Å²) in [5, 5.41) is 9.34. The molecule has 1 heterocycles. The lowest BCUT2D eigenvalue weighted by molar-refractivity contribution is 0.406. The van der Waals surface area contributed by atoms with E-state index < -0.39 is 7.52 Å². The number of hydrogen-bond acceptors (Lipinski definition) is 6. The Labute approximate surface area is 219 Å². The van der Waals surface area contributed by atoms with E-state index >= 15 is 0 Å². The number of aromatic nitrogens is 2. The van der Waals surface area contributed by atoms with Crippen LogP contribution >= 0.6 is 19.1 Å². The van der Waals surface area contributed by atoms with Crippen LogP contribution < -0.4 is 10.1 Å². The number of anilines is 1. The van der Waals surface area contributed by atoms with Crippen molar-refractivity contribution < 1.29 is 9.09 Å².